The molecule has 8 nitrogen and oxygen atoms in total. The predicted octanol–water partition coefficient (Wildman–Crippen LogP) is 0.798. The molecule has 0 bridgehead atoms. The monoisotopic (exact) mass is 317 g/mol. The maximum Gasteiger partial charge on any atom is 0.307 e. The van der Waals surface area contributed by atoms with E-state index in [1.807, 2.05) is 30.3 Å². The van der Waals surface area contributed by atoms with Crippen LogP contribution in [0.1, 0.15) is 20.3 Å². The molecule has 1 heterocycles. The van der Waals surface area contributed by atoms with Gasteiger partial charge in [0.1, 0.15) is 6.54 Å². The van der Waals surface area contributed by atoms with Crippen molar-refractivity contribution in [2.24, 2.45) is 0 Å². The van der Waals surface area contributed by atoms with Gasteiger partial charge in [0.05, 0.1) is 12.5 Å². The van der Waals surface area contributed by atoms with E-state index in [1.165, 1.54) is 4.80 Å². The molecule has 0 fully saturated rings. The fraction of sp³-hybridized carbons (Fsp3) is 0.400. The molecule has 0 unspecified atom stereocenters. The maximum atomic E-state index is 11.8. The van der Waals surface area contributed by atoms with Crippen LogP contribution in [0, 0.1) is 0 Å². The maximum absolute atomic E-state index is 11.8. The lowest BCUT2D eigenvalue weighted by molar-refractivity contribution is -0.147. The zero-order valence-corrected chi connectivity index (χ0v) is 13.1. The molecule has 0 spiro atoms. The van der Waals surface area contributed by atoms with E-state index < -0.39 is 0 Å². The van der Waals surface area contributed by atoms with Gasteiger partial charge >= 0.3 is 5.97 Å². The number of nitrogens with zero attached hydrogens (tertiary/aromatic N) is 4. The minimum Gasteiger partial charge on any atom is -0.463 e. The Morgan fingerprint density at radius 1 is 1.26 bits per heavy atom. The summed E-state index contributed by atoms with van der Waals surface area (Å²) in [6, 6.07) is 9.37. The van der Waals surface area contributed by atoms with Gasteiger partial charge in [-0.05, 0) is 19.1 Å². The first kappa shape index (κ1) is 16.6. The van der Waals surface area contributed by atoms with Gasteiger partial charge in [0, 0.05) is 12.1 Å². The molecule has 8 heteroatoms. The topological polar surface area (TPSA) is 99.0 Å². The first-order valence-electron chi connectivity index (χ1n) is 7.34. The highest BCUT2D eigenvalue weighted by Crippen LogP contribution is 2.11. The number of carbonyl (C=O) groups is 2. The zero-order chi connectivity index (χ0) is 16.7. The lowest BCUT2D eigenvalue weighted by atomic mass is 10.2. The second-order valence-electron chi connectivity index (χ2n) is 5.15. The average Bonchev–Trinajstić information content (AvgIpc) is 2.95. The molecule has 2 aromatic rings. The van der Waals surface area contributed by atoms with Crippen LogP contribution in [-0.4, -0.2) is 44.7 Å². The van der Waals surface area contributed by atoms with Gasteiger partial charge in [-0.2, -0.15) is 4.80 Å². The number of ether oxygens (including phenoxy) is 1. The number of nitrogens with one attached hydrogen (secondary N) is 1. The number of tetrazole rings is 1. The average molecular weight is 317 g/mol. The third-order valence-electron chi connectivity index (χ3n) is 2.79. The third-order valence-corrected chi connectivity index (χ3v) is 2.79. The van der Waals surface area contributed by atoms with Crippen molar-refractivity contribution in [3.63, 3.8) is 0 Å². The van der Waals surface area contributed by atoms with E-state index in [0.717, 1.165) is 5.56 Å². The van der Waals surface area contributed by atoms with Crippen molar-refractivity contribution < 1.29 is 14.3 Å². The second-order valence-corrected chi connectivity index (χ2v) is 5.15. The molecule has 1 N–H and O–H groups in total. The van der Waals surface area contributed by atoms with Gasteiger partial charge in [-0.1, -0.05) is 30.3 Å². The molecule has 122 valence electrons. The van der Waals surface area contributed by atoms with E-state index in [4.69, 9.17) is 4.74 Å². The Kier molecular flexibility index (Phi) is 5.79. The molecule has 0 aliphatic rings. The molecule has 0 aliphatic carbocycles. The van der Waals surface area contributed by atoms with Crippen LogP contribution < -0.4 is 5.32 Å². The summed E-state index contributed by atoms with van der Waals surface area (Å²) in [6.07, 6.45) is -0.0294. The van der Waals surface area contributed by atoms with Crippen molar-refractivity contribution in [2.75, 3.05) is 6.54 Å². The summed E-state index contributed by atoms with van der Waals surface area (Å²) in [4.78, 5) is 24.3. The van der Waals surface area contributed by atoms with Gasteiger partial charge in [0.2, 0.25) is 11.7 Å². The van der Waals surface area contributed by atoms with Gasteiger partial charge in [-0.25, -0.2) is 0 Å². The number of amides is 1. The zero-order valence-electron chi connectivity index (χ0n) is 13.1. The van der Waals surface area contributed by atoms with E-state index >= 15 is 0 Å². The Labute approximate surface area is 133 Å². The Morgan fingerprint density at radius 3 is 2.70 bits per heavy atom. The minimum absolute atomic E-state index is 0.0565. The Hall–Kier alpha value is -2.77. The van der Waals surface area contributed by atoms with Crippen molar-refractivity contribution in [1.29, 1.82) is 0 Å². The Morgan fingerprint density at radius 2 is 2.00 bits per heavy atom. The van der Waals surface area contributed by atoms with E-state index in [0.29, 0.717) is 5.82 Å². The number of carbonyl (C=O) groups excluding carboxylic acids is 2. The molecule has 0 atom stereocenters. The summed E-state index contributed by atoms with van der Waals surface area (Å²) in [7, 11) is 0. The molecule has 1 aromatic heterocycles. The fourth-order valence-electron chi connectivity index (χ4n) is 1.82. The summed E-state index contributed by atoms with van der Waals surface area (Å²) in [5.41, 5.74) is 0.829. The SMILES string of the molecule is CC(C)OC(=O)CCNC(=O)Cn1nnc(-c2ccccc2)n1. The van der Waals surface area contributed by atoms with Crippen LogP contribution >= 0.6 is 0 Å². The molecule has 0 aliphatic heterocycles. The largest absolute Gasteiger partial charge is 0.463 e. The van der Waals surface area contributed by atoms with Crippen LogP contribution in [0.15, 0.2) is 30.3 Å². The number of benzene rings is 1. The first-order chi connectivity index (χ1) is 11.0. The molecule has 0 saturated heterocycles. The van der Waals surface area contributed by atoms with Crippen LogP contribution in [0.5, 0.6) is 0 Å². The van der Waals surface area contributed by atoms with E-state index in [-0.39, 0.29) is 37.5 Å². The molecule has 0 saturated carbocycles. The molecule has 1 amide bonds. The molecule has 0 radical (unpaired) electrons. The molecular weight excluding hydrogens is 298 g/mol. The molecular formula is C15H19N5O3. The van der Waals surface area contributed by atoms with E-state index in [9.17, 15) is 9.59 Å². The number of esters is 1. The number of hydrogen-bond acceptors (Lipinski definition) is 6. The van der Waals surface area contributed by atoms with Crippen molar-refractivity contribution in [2.45, 2.75) is 32.9 Å². The summed E-state index contributed by atoms with van der Waals surface area (Å²) >= 11 is 0. The molecule has 1 aromatic carbocycles. The van der Waals surface area contributed by atoms with Crippen LogP contribution in [0.25, 0.3) is 11.4 Å². The summed E-state index contributed by atoms with van der Waals surface area (Å²) in [6.45, 7) is 3.71. The highest BCUT2D eigenvalue weighted by Gasteiger charge is 2.10. The van der Waals surface area contributed by atoms with Crippen LogP contribution in [0.4, 0.5) is 0 Å². The predicted molar refractivity (Wildman–Crippen MR) is 82.1 cm³/mol. The lowest BCUT2D eigenvalue weighted by Crippen LogP contribution is -2.30. The van der Waals surface area contributed by atoms with Gasteiger partial charge in [0.25, 0.3) is 0 Å². The highest BCUT2D eigenvalue weighted by molar-refractivity contribution is 5.76. The smallest absolute Gasteiger partial charge is 0.307 e. The van der Waals surface area contributed by atoms with Crippen LogP contribution in [-0.2, 0) is 20.9 Å². The van der Waals surface area contributed by atoms with Gasteiger partial charge in [-0.3, -0.25) is 9.59 Å². The summed E-state index contributed by atoms with van der Waals surface area (Å²) in [5.74, 6) is -0.177. The summed E-state index contributed by atoms with van der Waals surface area (Å²) in [5, 5.41) is 14.5. The minimum atomic E-state index is -0.342. The molecule has 2 rings (SSSR count). The van der Waals surface area contributed by atoms with E-state index in [2.05, 4.69) is 20.7 Å². The number of rotatable bonds is 7. The van der Waals surface area contributed by atoms with Gasteiger partial charge in [0.15, 0.2) is 0 Å². The first-order valence-corrected chi connectivity index (χ1v) is 7.34. The quantitative estimate of drug-likeness (QED) is 0.758. The number of aromatic nitrogens is 4. The Balaban J connectivity index is 1.78. The molecule has 23 heavy (non-hydrogen) atoms. The third kappa shape index (κ3) is 5.50. The normalized spacial score (nSPS) is 10.6. The standard InChI is InChI=1S/C15H19N5O3/c1-11(2)23-14(22)8-9-16-13(21)10-20-18-15(17-19-20)12-6-4-3-5-7-12/h3-7,11H,8-10H2,1-2H3,(H,16,21). The van der Waals surface area contributed by atoms with Gasteiger partial charge < -0.3 is 10.1 Å². The lowest BCUT2D eigenvalue weighted by Gasteiger charge is -2.08. The van der Waals surface area contributed by atoms with Crippen molar-refractivity contribution in [1.82, 2.24) is 25.5 Å². The second kappa shape index (κ2) is 8.02. The van der Waals surface area contributed by atoms with E-state index in [1.54, 1.807) is 13.8 Å². The van der Waals surface area contributed by atoms with Crippen molar-refractivity contribution in [3.05, 3.63) is 30.3 Å². The highest BCUT2D eigenvalue weighted by atomic mass is 16.5. The fourth-order valence-corrected chi connectivity index (χ4v) is 1.82. The van der Waals surface area contributed by atoms with Crippen LogP contribution in [0.2, 0.25) is 0 Å². The van der Waals surface area contributed by atoms with Crippen molar-refractivity contribution in [3.8, 4) is 11.4 Å². The summed E-state index contributed by atoms with van der Waals surface area (Å²) < 4.78 is 4.97. The number of hydrogen-bond donors (Lipinski definition) is 1. The van der Waals surface area contributed by atoms with Crippen LogP contribution in [0.3, 0.4) is 0 Å². The van der Waals surface area contributed by atoms with Crippen molar-refractivity contribution >= 4 is 11.9 Å². The Bertz CT molecular complexity index is 654. The van der Waals surface area contributed by atoms with Gasteiger partial charge in [-0.15, -0.1) is 10.2 Å².